The fourth-order valence-electron chi connectivity index (χ4n) is 4.22. The molecule has 1 fully saturated rings. The molecule has 0 saturated carbocycles. The Morgan fingerprint density at radius 1 is 1.21 bits per heavy atom. The van der Waals surface area contributed by atoms with E-state index in [0.29, 0.717) is 12.0 Å². The van der Waals surface area contributed by atoms with Crippen molar-refractivity contribution in [2.24, 2.45) is 10.8 Å². The predicted molar refractivity (Wildman–Crippen MR) is 130 cm³/mol. The van der Waals surface area contributed by atoms with Crippen molar-refractivity contribution < 1.29 is 14.6 Å². The van der Waals surface area contributed by atoms with E-state index < -0.39 is 11.9 Å². The number of amidine groups is 1. The van der Waals surface area contributed by atoms with Crippen LogP contribution in [0.3, 0.4) is 0 Å². The summed E-state index contributed by atoms with van der Waals surface area (Å²) >= 11 is 0. The zero-order chi connectivity index (χ0) is 23.4. The number of rotatable bonds is 8. The van der Waals surface area contributed by atoms with Crippen molar-refractivity contribution in [3.05, 3.63) is 77.4 Å². The normalized spacial score (nSPS) is 16.9. The number of nitrogens with one attached hydrogen (secondary N) is 1. The Morgan fingerprint density at radius 2 is 1.97 bits per heavy atom. The molecule has 1 saturated heterocycles. The molecule has 0 spiro atoms. The van der Waals surface area contributed by atoms with Crippen LogP contribution in [0.4, 0.5) is 0 Å². The lowest BCUT2D eigenvalue weighted by Gasteiger charge is -2.17. The average Bonchev–Trinajstić information content (AvgIpc) is 3.24. The summed E-state index contributed by atoms with van der Waals surface area (Å²) in [5.74, 6) is -0.799. The van der Waals surface area contributed by atoms with Gasteiger partial charge in [0.1, 0.15) is 17.7 Å². The fourth-order valence-corrected chi connectivity index (χ4v) is 4.22. The molecule has 4 rings (SSSR count). The van der Waals surface area contributed by atoms with E-state index in [9.17, 15) is 9.90 Å². The fraction of sp³-hybridized carbons (Fsp3) is 0.269. The largest absolute Gasteiger partial charge is 0.488 e. The molecule has 4 N–H and O–H groups in total. The highest BCUT2D eigenvalue weighted by atomic mass is 16.5. The van der Waals surface area contributed by atoms with Gasteiger partial charge in [0.15, 0.2) is 0 Å². The molecule has 1 aliphatic rings. The topological polar surface area (TPSA) is 112 Å². The summed E-state index contributed by atoms with van der Waals surface area (Å²) in [7, 11) is 0. The van der Waals surface area contributed by atoms with Crippen molar-refractivity contribution in [1.29, 1.82) is 5.41 Å². The van der Waals surface area contributed by atoms with E-state index in [1.54, 1.807) is 6.21 Å². The minimum absolute atomic E-state index is 0.0106. The van der Waals surface area contributed by atoms with Gasteiger partial charge in [0.2, 0.25) is 0 Å². The number of nitrogens with two attached hydrogens (primary N) is 1. The molecule has 170 valence electrons. The smallest absolute Gasteiger partial charge is 0.311 e. The van der Waals surface area contributed by atoms with Crippen molar-refractivity contribution in [2.45, 2.75) is 31.8 Å². The zero-order valence-corrected chi connectivity index (χ0v) is 18.6. The number of hydrazone groups is 1. The van der Waals surface area contributed by atoms with Crippen molar-refractivity contribution in [3.63, 3.8) is 0 Å². The standard InChI is InChI=1S/C26H28N4O3/c1-2-29-30-12-11-23(16-30)33-22-9-7-19(8-10-22)24(26(31)32)14-17-3-4-18-5-6-20(25(27)28)15-21(18)13-17/h2-10,13,15,23-24H,11-12,14,16H2,1H3,(H3,27,28)(H,31,32)/b29-2+/t23-,24-/m0/s1. The van der Waals surface area contributed by atoms with Gasteiger partial charge >= 0.3 is 5.97 Å². The highest BCUT2D eigenvalue weighted by Crippen LogP contribution is 2.27. The Balaban J connectivity index is 1.48. The maximum Gasteiger partial charge on any atom is 0.311 e. The average molecular weight is 445 g/mol. The van der Waals surface area contributed by atoms with Crippen molar-refractivity contribution in [3.8, 4) is 5.75 Å². The molecule has 0 amide bonds. The molecule has 0 radical (unpaired) electrons. The molecule has 33 heavy (non-hydrogen) atoms. The minimum atomic E-state index is -0.870. The number of nitrogen functional groups attached to an aromatic ring is 1. The molecule has 3 aromatic rings. The van der Waals surface area contributed by atoms with Crippen LogP contribution in [0.1, 0.15) is 36.0 Å². The van der Waals surface area contributed by atoms with E-state index in [1.165, 1.54) is 0 Å². The van der Waals surface area contributed by atoms with Gasteiger partial charge in [-0.25, -0.2) is 0 Å². The van der Waals surface area contributed by atoms with E-state index >= 15 is 0 Å². The second-order valence-electron chi connectivity index (χ2n) is 8.29. The molecule has 1 heterocycles. The zero-order valence-electron chi connectivity index (χ0n) is 18.6. The van der Waals surface area contributed by atoms with E-state index in [2.05, 4.69) is 5.10 Å². The first-order valence-corrected chi connectivity index (χ1v) is 11.0. The first-order valence-electron chi connectivity index (χ1n) is 11.0. The second-order valence-corrected chi connectivity index (χ2v) is 8.29. The minimum Gasteiger partial charge on any atom is -0.488 e. The third-order valence-corrected chi connectivity index (χ3v) is 5.94. The number of hydrogen-bond acceptors (Lipinski definition) is 5. The Kier molecular flexibility index (Phi) is 6.58. The predicted octanol–water partition coefficient (Wildman–Crippen LogP) is 3.99. The quantitative estimate of drug-likeness (QED) is 0.359. The number of ether oxygens (including phenoxy) is 1. The molecule has 2 atom stereocenters. The lowest BCUT2D eigenvalue weighted by molar-refractivity contribution is -0.138. The van der Waals surface area contributed by atoms with Crippen LogP contribution >= 0.6 is 0 Å². The molecular weight excluding hydrogens is 416 g/mol. The van der Waals surface area contributed by atoms with Crippen LogP contribution in [0.25, 0.3) is 10.8 Å². The molecular formula is C26H28N4O3. The molecule has 0 unspecified atom stereocenters. The number of carboxylic acids is 1. The van der Waals surface area contributed by atoms with Crippen molar-refractivity contribution in [2.75, 3.05) is 13.1 Å². The van der Waals surface area contributed by atoms with Crippen LogP contribution in [-0.2, 0) is 11.2 Å². The van der Waals surface area contributed by atoms with Crippen molar-refractivity contribution in [1.82, 2.24) is 5.01 Å². The van der Waals surface area contributed by atoms with Crippen LogP contribution in [-0.4, -0.2) is 47.3 Å². The number of nitrogens with zero attached hydrogens (tertiary/aromatic N) is 2. The summed E-state index contributed by atoms with van der Waals surface area (Å²) < 4.78 is 6.05. The lowest BCUT2D eigenvalue weighted by Crippen LogP contribution is -2.21. The van der Waals surface area contributed by atoms with Gasteiger partial charge in [-0.1, -0.05) is 42.5 Å². The van der Waals surface area contributed by atoms with E-state index in [-0.39, 0.29) is 11.9 Å². The van der Waals surface area contributed by atoms with Crippen LogP contribution < -0.4 is 10.5 Å². The third-order valence-electron chi connectivity index (χ3n) is 5.94. The van der Waals surface area contributed by atoms with Gasteiger partial charge in [-0.2, -0.15) is 5.10 Å². The summed E-state index contributed by atoms with van der Waals surface area (Å²) in [5.41, 5.74) is 7.91. The third kappa shape index (κ3) is 5.31. The van der Waals surface area contributed by atoms with Gasteiger partial charge in [0.05, 0.1) is 12.5 Å². The molecule has 7 nitrogen and oxygen atoms in total. The number of hydrogen-bond donors (Lipinski definition) is 3. The van der Waals surface area contributed by atoms with E-state index in [1.807, 2.05) is 72.6 Å². The van der Waals surface area contributed by atoms with Crippen LogP contribution in [0, 0.1) is 5.41 Å². The highest BCUT2D eigenvalue weighted by molar-refractivity contribution is 5.99. The first-order chi connectivity index (χ1) is 15.9. The molecule has 3 aromatic carbocycles. The molecule has 0 aromatic heterocycles. The number of aliphatic carboxylic acids is 1. The second kappa shape index (κ2) is 9.73. The monoisotopic (exact) mass is 444 g/mol. The number of carbonyl (C=O) groups is 1. The van der Waals surface area contributed by atoms with Gasteiger partial charge < -0.3 is 15.6 Å². The van der Waals surface area contributed by atoms with Gasteiger partial charge in [0, 0.05) is 24.7 Å². The Hall–Kier alpha value is -3.87. The molecule has 7 heteroatoms. The number of carboxylic acid groups (broad SMARTS) is 1. The van der Waals surface area contributed by atoms with Gasteiger partial charge in [-0.15, -0.1) is 0 Å². The molecule has 0 bridgehead atoms. The van der Waals surface area contributed by atoms with Gasteiger partial charge in [-0.3, -0.25) is 15.2 Å². The van der Waals surface area contributed by atoms with Crippen molar-refractivity contribution >= 4 is 28.8 Å². The Morgan fingerprint density at radius 3 is 2.67 bits per heavy atom. The summed E-state index contributed by atoms with van der Waals surface area (Å²) in [6.45, 7) is 3.51. The van der Waals surface area contributed by atoms with E-state index in [0.717, 1.165) is 47.2 Å². The summed E-state index contributed by atoms with van der Waals surface area (Å²) in [5, 5.41) is 25.8. The Labute approximate surface area is 193 Å². The summed E-state index contributed by atoms with van der Waals surface area (Å²) in [6, 6.07) is 18.8. The molecule has 1 aliphatic heterocycles. The van der Waals surface area contributed by atoms with E-state index in [4.69, 9.17) is 15.9 Å². The lowest BCUT2D eigenvalue weighted by atomic mass is 9.91. The number of fused-ring (bicyclic) bond motifs is 1. The van der Waals surface area contributed by atoms with Gasteiger partial charge in [0.25, 0.3) is 0 Å². The van der Waals surface area contributed by atoms with Crippen LogP contribution in [0.5, 0.6) is 5.75 Å². The first kappa shape index (κ1) is 22.3. The molecule has 0 aliphatic carbocycles. The van der Waals surface area contributed by atoms with Gasteiger partial charge in [-0.05, 0) is 53.4 Å². The Bertz CT molecular complexity index is 1190. The SMILES string of the molecule is C/C=N/N1CC[C@H](Oc2ccc([C@H](Cc3ccc4ccc(C(=N)N)cc4c3)C(=O)O)cc2)C1. The summed E-state index contributed by atoms with van der Waals surface area (Å²) in [6.07, 6.45) is 3.13. The number of benzene rings is 3. The van der Waals surface area contributed by atoms with Crippen LogP contribution in [0.2, 0.25) is 0 Å². The van der Waals surface area contributed by atoms with Crippen LogP contribution in [0.15, 0.2) is 65.8 Å². The maximum atomic E-state index is 12.1. The maximum absolute atomic E-state index is 12.1. The highest BCUT2D eigenvalue weighted by Gasteiger charge is 2.24. The summed E-state index contributed by atoms with van der Waals surface area (Å²) in [4.78, 5) is 12.1.